The minimum atomic E-state index is -0.164. The van der Waals surface area contributed by atoms with Gasteiger partial charge in [-0.1, -0.05) is 11.6 Å². The lowest BCUT2D eigenvalue weighted by Gasteiger charge is -2.36. The van der Waals surface area contributed by atoms with Crippen LogP contribution >= 0.6 is 11.6 Å². The molecule has 28 heavy (non-hydrogen) atoms. The zero-order valence-electron chi connectivity index (χ0n) is 17.5. The molecule has 1 aliphatic rings. The van der Waals surface area contributed by atoms with Crippen molar-refractivity contribution in [2.45, 2.75) is 39.2 Å². The molecule has 1 aromatic carbocycles. The fourth-order valence-electron chi connectivity index (χ4n) is 3.17. The first-order valence-corrected chi connectivity index (χ1v) is 10.1. The van der Waals surface area contributed by atoms with Crippen molar-refractivity contribution >= 4 is 23.4 Å². The van der Waals surface area contributed by atoms with E-state index in [1.807, 2.05) is 27.8 Å². The molecule has 0 atom stereocenters. The number of rotatable bonds is 6. The van der Waals surface area contributed by atoms with Crippen LogP contribution in [0.5, 0.6) is 5.75 Å². The van der Waals surface area contributed by atoms with Gasteiger partial charge in [0.1, 0.15) is 5.75 Å². The molecule has 1 N–H and O–H groups in total. The summed E-state index contributed by atoms with van der Waals surface area (Å²) in [5, 5.41) is 3.47. The predicted octanol–water partition coefficient (Wildman–Crippen LogP) is 3.05. The summed E-state index contributed by atoms with van der Waals surface area (Å²) in [6.45, 7) is 8.93. The molecule has 0 aromatic heterocycles. The van der Waals surface area contributed by atoms with Crippen molar-refractivity contribution in [3.63, 3.8) is 0 Å². The molecule has 156 valence electrons. The Kier molecular flexibility index (Phi) is 7.72. The van der Waals surface area contributed by atoms with E-state index >= 15 is 0 Å². The maximum Gasteiger partial charge on any atom is 0.251 e. The molecule has 0 aliphatic carbocycles. The molecule has 1 saturated heterocycles. The molecule has 2 rings (SSSR count). The quantitative estimate of drug-likeness (QED) is 0.784. The maximum atomic E-state index is 12.4. The zero-order chi connectivity index (χ0) is 20.9. The third-order valence-corrected chi connectivity index (χ3v) is 5.59. The average molecular weight is 410 g/mol. The lowest BCUT2D eigenvalue weighted by molar-refractivity contribution is -0.135. The monoisotopic (exact) mass is 409 g/mol. The Labute approximate surface area is 173 Å². The predicted molar refractivity (Wildman–Crippen MR) is 112 cm³/mol. The first kappa shape index (κ1) is 22.5. The van der Waals surface area contributed by atoms with Crippen LogP contribution in [0.2, 0.25) is 5.02 Å². The van der Waals surface area contributed by atoms with Gasteiger partial charge < -0.3 is 15.0 Å². The van der Waals surface area contributed by atoms with Gasteiger partial charge in [0.25, 0.3) is 5.91 Å². The van der Waals surface area contributed by atoms with E-state index in [0.717, 1.165) is 25.9 Å². The third-order valence-electron chi connectivity index (χ3n) is 5.37. The van der Waals surface area contributed by atoms with Gasteiger partial charge in [-0.05, 0) is 70.8 Å². The molecular weight excluding hydrogens is 378 g/mol. The number of nitrogens with zero attached hydrogens (tertiary/aromatic N) is 2. The summed E-state index contributed by atoms with van der Waals surface area (Å²) >= 11 is 6.03. The second kappa shape index (κ2) is 9.61. The van der Waals surface area contributed by atoms with E-state index in [9.17, 15) is 9.59 Å². The van der Waals surface area contributed by atoms with Crippen LogP contribution in [-0.4, -0.2) is 67.5 Å². The highest BCUT2D eigenvalue weighted by atomic mass is 35.5. The molecule has 1 aromatic rings. The van der Waals surface area contributed by atoms with Gasteiger partial charge in [-0.3, -0.25) is 14.5 Å². The largest absolute Gasteiger partial charge is 0.497 e. The van der Waals surface area contributed by atoms with E-state index in [-0.39, 0.29) is 17.4 Å². The number of carbonyl (C=O) groups is 2. The SMILES string of the molecule is COc1cc(Cl)cc(C(=O)NCC2CCN(CC(=O)N(C)C(C)(C)C)CC2)c1. The molecule has 1 fully saturated rings. The van der Waals surface area contributed by atoms with Gasteiger partial charge in [-0.2, -0.15) is 0 Å². The van der Waals surface area contributed by atoms with Crippen LogP contribution in [0.4, 0.5) is 0 Å². The Balaban J connectivity index is 1.78. The molecule has 0 saturated carbocycles. The minimum Gasteiger partial charge on any atom is -0.497 e. The Bertz CT molecular complexity index is 695. The van der Waals surface area contributed by atoms with E-state index < -0.39 is 0 Å². The van der Waals surface area contributed by atoms with Gasteiger partial charge in [-0.25, -0.2) is 0 Å². The molecule has 1 aliphatic heterocycles. The number of carbonyl (C=O) groups excluding carboxylic acids is 2. The van der Waals surface area contributed by atoms with Crippen LogP contribution < -0.4 is 10.1 Å². The van der Waals surface area contributed by atoms with Crippen molar-refractivity contribution < 1.29 is 14.3 Å². The van der Waals surface area contributed by atoms with Gasteiger partial charge in [-0.15, -0.1) is 0 Å². The number of hydrogen-bond acceptors (Lipinski definition) is 4. The number of piperidine rings is 1. The molecular formula is C21H32ClN3O3. The first-order valence-electron chi connectivity index (χ1n) is 9.72. The lowest BCUT2D eigenvalue weighted by atomic mass is 9.96. The smallest absolute Gasteiger partial charge is 0.251 e. The van der Waals surface area contributed by atoms with Crippen LogP contribution in [0.3, 0.4) is 0 Å². The van der Waals surface area contributed by atoms with Crippen molar-refractivity contribution in [2.75, 3.05) is 40.3 Å². The summed E-state index contributed by atoms with van der Waals surface area (Å²) in [7, 11) is 3.40. The molecule has 2 amide bonds. The Hall–Kier alpha value is -1.79. The number of benzene rings is 1. The van der Waals surface area contributed by atoms with Gasteiger partial charge in [0, 0.05) is 29.7 Å². The van der Waals surface area contributed by atoms with Crippen molar-refractivity contribution in [1.82, 2.24) is 15.1 Å². The van der Waals surface area contributed by atoms with E-state index in [4.69, 9.17) is 16.3 Å². The van der Waals surface area contributed by atoms with Crippen LogP contribution in [0.1, 0.15) is 44.0 Å². The highest BCUT2D eigenvalue weighted by Gasteiger charge is 2.26. The second-order valence-electron chi connectivity index (χ2n) is 8.43. The summed E-state index contributed by atoms with van der Waals surface area (Å²) in [6, 6.07) is 4.99. The lowest BCUT2D eigenvalue weighted by Crippen LogP contribution is -2.49. The molecule has 1 heterocycles. The second-order valence-corrected chi connectivity index (χ2v) is 8.87. The number of likely N-dealkylation sites (tertiary alicyclic amines) is 1. The highest BCUT2D eigenvalue weighted by Crippen LogP contribution is 2.21. The number of likely N-dealkylation sites (N-methyl/N-ethyl adjacent to an activating group) is 1. The number of ether oxygens (including phenoxy) is 1. The zero-order valence-corrected chi connectivity index (χ0v) is 18.3. The Morgan fingerprint density at radius 3 is 2.46 bits per heavy atom. The topological polar surface area (TPSA) is 61.9 Å². The van der Waals surface area contributed by atoms with E-state index in [1.54, 1.807) is 30.2 Å². The summed E-state index contributed by atoms with van der Waals surface area (Å²) in [6.07, 6.45) is 1.93. The fraction of sp³-hybridized carbons (Fsp3) is 0.619. The highest BCUT2D eigenvalue weighted by molar-refractivity contribution is 6.31. The number of methoxy groups -OCH3 is 1. The van der Waals surface area contributed by atoms with Crippen molar-refractivity contribution in [1.29, 1.82) is 0 Å². The Morgan fingerprint density at radius 2 is 1.89 bits per heavy atom. The van der Waals surface area contributed by atoms with Gasteiger partial charge in [0.2, 0.25) is 5.91 Å². The molecule has 0 unspecified atom stereocenters. The van der Waals surface area contributed by atoms with E-state index in [1.165, 1.54) is 0 Å². The fourth-order valence-corrected chi connectivity index (χ4v) is 3.40. The van der Waals surface area contributed by atoms with Gasteiger partial charge >= 0.3 is 0 Å². The summed E-state index contributed by atoms with van der Waals surface area (Å²) in [5.74, 6) is 0.979. The number of amides is 2. The molecule has 0 bridgehead atoms. The molecule has 6 nitrogen and oxygen atoms in total. The van der Waals surface area contributed by atoms with Crippen LogP contribution in [0, 0.1) is 5.92 Å². The van der Waals surface area contributed by atoms with E-state index in [2.05, 4.69) is 10.2 Å². The van der Waals surface area contributed by atoms with Crippen LogP contribution in [0.25, 0.3) is 0 Å². The Morgan fingerprint density at radius 1 is 1.25 bits per heavy atom. The third kappa shape index (κ3) is 6.38. The van der Waals surface area contributed by atoms with Crippen molar-refractivity contribution in [3.05, 3.63) is 28.8 Å². The maximum absolute atomic E-state index is 12.4. The molecule has 0 spiro atoms. The number of hydrogen-bond donors (Lipinski definition) is 1. The van der Waals surface area contributed by atoms with Crippen molar-refractivity contribution in [2.24, 2.45) is 5.92 Å². The summed E-state index contributed by atoms with van der Waals surface area (Å²) in [5.41, 5.74) is 0.334. The van der Waals surface area contributed by atoms with Gasteiger partial charge in [0.05, 0.1) is 13.7 Å². The first-order chi connectivity index (χ1) is 13.1. The van der Waals surface area contributed by atoms with E-state index in [0.29, 0.717) is 35.3 Å². The van der Waals surface area contributed by atoms with Crippen LogP contribution in [0.15, 0.2) is 18.2 Å². The molecule has 7 heteroatoms. The number of halogens is 1. The van der Waals surface area contributed by atoms with Gasteiger partial charge in [0.15, 0.2) is 0 Å². The normalized spacial score (nSPS) is 15.9. The average Bonchev–Trinajstić information content (AvgIpc) is 2.65. The standard InChI is InChI=1S/C21H32ClN3O3/c1-21(2,3)24(4)19(26)14-25-8-6-15(7-9-25)13-23-20(27)16-10-17(22)12-18(11-16)28-5/h10-12,15H,6-9,13-14H2,1-5H3,(H,23,27). The van der Waals surface area contributed by atoms with Crippen molar-refractivity contribution in [3.8, 4) is 5.75 Å². The van der Waals surface area contributed by atoms with Crippen LogP contribution in [-0.2, 0) is 4.79 Å². The summed E-state index contributed by atoms with van der Waals surface area (Å²) in [4.78, 5) is 28.8. The summed E-state index contributed by atoms with van der Waals surface area (Å²) < 4.78 is 5.16. The number of nitrogens with one attached hydrogen (secondary N) is 1. The minimum absolute atomic E-state index is 0.147. The molecule has 0 radical (unpaired) electrons.